The molecule has 2 heterocycles. The van der Waals surface area contributed by atoms with Crippen molar-refractivity contribution in [3.63, 3.8) is 0 Å². The first-order valence-electron chi connectivity index (χ1n) is 9.31. The molecule has 0 saturated carbocycles. The molecule has 1 aromatic rings. The molecule has 0 aliphatic carbocycles. The Labute approximate surface area is 160 Å². The van der Waals surface area contributed by atoms with E-state index in [1.54, 1.807) is 31.4 Å². The molecule has 2 aliphatic rings. The van der Waals surface area contributed by atoms with Crippen molar-refractivity contribution in [1.82, 2.24) is 4.90 Å². The number of ether oxygens (including phenoxy) is 1. The third kappa shape index (κ3) is 4.03. The van der Waals surface area contributed by atoms with Crippen molar-refractivity contribution in [2.75, 3.05) is 26.7 Å². The van der Waals surface area contributed by atoms with Crippen LogP contribution in [0.4, 0.5) is 0 Å². The lowest BCUT2D eigenvalue weighted by atomic mass is 9.74. The molecule has 0 aromatic heterocycles. The monoisotopic (exact) mass is 365 g/mol. The first-order valence-corrected chi connectivity index (χ1v) is 9.31. The van der Waals surface area contributed by atoms with E-state index in [0.717, 1.165) is 43.0 Å². The molecular formula is C22H27N3O2. The van der Waals surface area contributed by atoms with E-state index in [2.05, 4.69) is 17.6 Å². The Balaban J connectivity index is 1.65. The number of carbonyl (C=O) groups excluding carboxylic acids is 1. The standard InChI is InChI=1S/C22H27N3O2/c1-3-4-5-18(24-2)7-9-21(26)25-12-10-22(11-13-25)16-27-20-8-6-17(15-23)14-19(20)22/h3-9,14H,1,10-13,15-16,23H2,2H3/b5-4-,9-7+,24-18?. The van der Waals surface area contributed by atoms with E-state index in [-0.39, 0.29) is 11.3 Å². The smallest absolute Gasteiger partial charge is 0.246 e. The maximum atomic E-state index is 12.5. The maximum absolute atomic E-state index is 12.5. The number of rotatable bonds is 5. The van der Waals surface area contributed by atoms with Crippen molar-refractivity contribution >= 4 is 11.6 Å². The summed E-state index contributed by atoms with van der Waals surface area (Å²) in [7, 11) is 1.70. The molecule has 0 unspecified atom stereocenters. The SMILES string of the molecule is C=C/C=C\C(/C=C/C(=O)N1CCC2(CC1)COc1ccc(CN)cc12)=NC. The van der Waals surface area contributed by atoms with E-state index in [9.17, 15) is 4.79 Å². The van der Waals surface area contributed by atoms with Crippen LogP contribution in [0.15, 0.2) is 60.2 Å². The minimum Gasteiger partial charge on any atom is -0.492 e. The summed E-state index contributed by atoms with van der Waals surface area (Å²) in [6.07, 6.45) is 10.5. The highest BCUT2D eigenvalue weighted by Gasteiger charge is 2.43. The van der Waals surface area contributed by atoms with E-state index in [1.165, 1.54) is 5.56 Å². The van der Waals surface area contributed by atoms with E-state index in [4.69, 9.17) is 10.5 Å². The van der Waals surface area contributed by atoms with Crippen LogP contribution in [0.2, 0.25) is 0 Å². The number of likely N-dealkylation sites (tertiary alicyclic amines) is 1. The van der Waals surface area contributed by atoms with Gasteiger partial charge in [-0.25, -0.2) is 0 Å². The van der Waals surface area contributed by atoms with Crippen LogP contribution in [0.3, 0.4) is 0 Å². The van der Waals surface area contributed by atoms with E-state index in [1.807, 2.05) is 23.1 Å². The summed E-state index contributed by atoms with van der Waals surface area (Å²) in [5.41, 5.74) is 8.92. The Hall–Kier alpha value is -2.66. The van der Waals surface area contributed by atoms with Crippen molar-refractivity contribution in [2.45, 2.75) is 24.8 Å². The highest BCUT2D eigenvalue weighted by Crippen LogP contribution is 2.45. The fourth-order valence-corrected chi connectivity index (χ4v) is 3.74. The second-order valence-corrected chi connectivity index (χ2v) is 7.01. The Morgan fingerprint density at radius 1 is 1.33 bits per heavy atom. The summed E-state index contributed by atoms with van der Waals surface area (Å²) in [4.78, 5) is 18.6. The van der Waals surface area contributed by atoms with Gasteiger partial charge < -0.3 is 15.4 Å². The van der Waals surface area contributed by atoms with Gasteiger partial charge in [-0.05, 0) is 36.6 Å². The average Bonchev–Trinajstić information content (AvgIpc) is 3.06. The van der Waals surface area contributed by atoms with Gasteiger partial charge in [-0.2, -0.15) is 0 Å². The highest BCUT2D eigenvalue weighted by molar-refractivity contribution is 6.07. The molecule has 1 spiro atoms. The van der Waals surface area contributed by atoms with Gasteiger partial charge >= 0.3 is 0 Å². The van der Waals surface area contributed by atoms with Gasteiger partial charge in [-0.1, -0.05) is 30.9 Å². The number of hydrogen-bond acceptors (Lipinski definition) is 4. The molecule has 1 saturated heterocycles. The lowest BCUT2D eigenvalue weighted by Crippen LogP contribution is -2.45. The second-order valence-electron chi connectivity index (χ2n) is 7.01. The van der Waals surface area contributed by atoms with Crippen molar-refractivity contribution in [2.24, 2.45) is 10.7 Å². The predicted octanol–water partition coefficient (Wildman–Crippen LogP) is 2.77. The zero-order chi connectivity index (χ0) is 19.3. The molecule has 27 heavy (non-hydrogen) atoms. The van der Waals surface area contributed by atoms with Gasteiger partial charge in [-0.15, -0.1) is 0 Å². The molecule has 1 aromatic carbocycles. The number of benzene rings is 1. The number of piperidine rings is 1. The third-order valence-corrected chi connectivity index (χ3v) is 5.45. The van der Waals surface area contributed by atoms with Crippen LogP contribution >= 0.6 is 0 Å². The molecule has 1 fully saturated rings. The summed E-state index contributed by atoms with van der Waals surface area (Å²) in [5, 5.41) is 0. The summed E-state index contributed by atoms with van der Waals surface area (Å²) in [6.45, 7) is 6.30. The number of nitrogens with two attached hydrogens (primary N) is 1. The fourth-order valence-electron chi connectivity index (χ4n) is 3.74. The number of nitrogens with zero attached hydrogens (tertiary/aromatic N) is 2. The zero-order valence-electron chi connectivity index (χ0n) is 15.9. The number of aliphatic imine (C=N–C) groups is 1. The fraction of sp³-hybridized carbons (Fsp3) is 0.364. The van der Waals surface area contributed by atoms with Gasteiger partial charge in [0.2, 0.25) is 5.91 Å². The lowest BCUT2D eigenvalue weighted by molar-refractivity contribution is -0.127. The van der Waals surface area contributed by atoms with E-state index in [0.29, 0.717) is 13.2 Å². The summed E-state index contributed by atoms with van der Waals surface area (Å²) in [5.74, 6) is 0.984. The van der Waals surface area contributed by atoms with E-state index < -0.39 is 0 Å². The van der Waals surface area contributed by atoms with Crippen LogP contribution in [-0.4, -0.2) is 43.3 Å². The Morgan fingerprint density at radius 2 is 2.11 bits per heavy atom. The molecule has 1 amide bonds. The molecular weight excluding hydrogens is 338 g/mol. The van der Waals surface area contributed by atoms with Gasteiger partial charge in [0.15, 0.2) is 0 Å². The molecule has 3 rings (SSSR count). The Bertz CT molecular complexity index is 800. The molecule has 5 heteroatoms. The molecule has 2 aliphatic heterocycles. The van der Waals surface area contributed by atoms with Crippen molar-refractivity contribution in [3.05, 3.63) is 66.3 Å². The molecule has 0 bridgehead atoms. The number of amides is 1. The first-order chi connectivity index (χ1) is 13.1. The lowest BCUT2D eigenvalue weighted by Gasteiger charge is -2.38. The quantitative estimate of drug-likeness (QED) is 0.496. The normalized spacial score (nSPS) is 18.9. The molecule has 0 atom stereocenters. The molecule has 0 radical (unpaired) electrons. The van der Waals surface area contributed by atoms with Crippen LogP contribution in [0, 0.1) is 0 Å². The molecule has 2 N–H and O–H groups in total. The van der Waals surface area contributed by atoms with Crippen LogP contribution in [0.1, 0.15) is 24.0 Å². The maximum Gasteiger partial charge on any atom is 0.246 e. The summed E-state index contributed by atoms with van der Waals surface area (Å²) >= 11 is 0. The van der Waals surface area contributed by atoms with E-state index >= 15 is 0 Å². The number of hydrogen-bond donors (Lipinski definition) is 1. The number of allylic oxidation sites excluding steroid dienone is 4. The largest absolute Gasteiger partial charge is 0.492 e. The molecule has 5 nitrogen and oxygen atoms in total. The Morgan fingerprint density at radius 3 is 2.78 bits per heavy atom. The Kier molecular flexibility index (Phi) is 5.91. The van der Waals surface area contributed by atoms with Crippen LogP contribution < -0.4 is 10.5 Å². The van der Waals surface area contributed by atoms with Crippen molar-refractivity contribution < 1.29 is 9.53 Å². The van der Waals surface area contributed by atoms with Crippen LogP contribution in [-0.2, 0) is 16.8 Å². The van der Waals surface area contributed by atoms with Gasteiger partial charge in [0, 0.05) is 43.7 Å². The second kappa shape index (κ2) is 8.35. The van der Waals surface area contributed by atoms with Crippen LogP contribution in [0.25, 0.3) is 0 Å². The van der Waals surface area contributed by atoms with Crippen LogP contribution in [0.5, 0.6) is 5.75 Å². The summed E-state index contributed by atoms with van der Waals surface area (Å²) in [6, 6.07) is 6.22. The third-order valence-electron chi connectivity index (χ3n) is 5.45. The molecule has 142 valence electrons. The predicted molar refractivity (Wildman–Crippen MR) is 109 cm³/mol. The minimum atomic E-state index is 0.00371. The van der Waals surface area contributed by atoms with Gasteiger partial charge in [0.1, 0.15) is 5.75 Å². The zero-order valence-corrected chi connectivity index (χ0v) is 15.9. The average molecular weight is 365 g/mol. The highest BCUT2D eigenvalue weighted by atomic mass is 16.5. The first kappa shape index (κ1) is 19.1. The summed E-state index contributed by atoms with van der Waals surface area (Å²) < 4.78 is 5.93. The van der Waals surface area contributed by atoms with Gasteiger partial charge in [0.25, 0.3) is 0 Å². The number of carbonyl (C=O) groups is 1. The number of fused-ring (bicyclic) bond motifs is 2. The van der Waals surface area contributed by atoms with Crippen molar-refractivity contribution in [3.8, 4) is 5.75 Å². The topological polar surface area (TPSA) is 67.9 Å². The van der Waals surface area contributed by atoms with Gasteiger partial charge in [0.05, 0.1) is 12.3 Å². The van der Waals surface area contributed by atoms with Crippen molar-refractivity contribution in [1.29, 1.82) is 0 Å². The van der Waals surface area contributed by atoms with Gasteiger partial charge in [-0.3, -0.25) is 9.79 Å². The minimum absolute atomic E-state index is 0.00371.